The number of oxime groups is 4. The number of hydrogen-bond donors (Lipinski definition) is 10. The van der Waals surface area contributed by atoms with Crippen LogP contribution in [0, 0.1) is 23.3 Å². The fraction of sp³-hybridized carbons (Fsp3) is 0.745. The van der Waals surface area contributed by atoms with Gasteiger partial charge in [-0.05, 0) is 108 Å². The van der Waals surface area contributed by atoms with Crippen LogP contribution in [0.15, 0.2) is 31.6 Å². The number of benzene rings is 1. The molecule has 0 heterocycles. The summed E-state index contributed by atoms with van der Waals surface area (Å²) in [6.45, 7) is 34.1. The van der Waals surface area contributed by atoms with Crippen molar-refractivity contribution in [1.82, 2.24) is 41.7 Å². The Kier molecular flexibility index (Phi) is 31.7. The topological polar surface area (TPSA) is 243 Å². The number of rotatable bonds is 34. The number of nitrogens with one attached hydrogen (secondary N) is 6. The van der Waals surface area contributed by atoms with Crippen molar-refractivity contribution < 1.29 is 48.0 Å². The summed E-state index contributed by atoms with van der Waals surface area (Å²) in [5.74, 6) is -7.05. The number of amides is 1. The second-order valence-electron chi connectivity index (χ2n) is 19.2. The van der Waals surface area contributed by atoms with Crippen molar-refractivity contribution in [3.63, 3.8) is 0 Å². The molecule has 0 saturated carbocycles. The first-order valence-corrected chi connectivity index (χ1v) is 24.7. The van der Waals surface area contributed by atoms with Crippen LogP contribution in [0.5, 0.6) is 0 Å². The minimum absolute atomic E-state index is 0.00580. The number of unbranched alkanes of at least 4 members (excludes halogenated alkanes) is 2. The van der Waals surface area contributed by atoms with E-state index in [2.05, 4.69) is 69.2 Å². The molecule has 0 atom stereocenters. The Balaban J connectivity index is 0.00000145. The lowest BCUT2D eigenvalue weighted by Crippen LogP contribution is -2.51. The maximum atomic E-state index is 13.8. The van der Waals surface area contributed by atoms with Crippen molar-refractivity contribution in [2.45, 2.75) is 149 Å². The highest BCUT2D eigenvalue weighted by Crippen LogP contribution is 2.30. The van der Waals surface area contributed by atoms with Gasteiger partial charge < -0.3 is 52.7 Å². The Bertz CT molecular complexity index is 1760. The fourth-order valence-electron chi connectivity index (χ4n) is 6.11. The summed E-state index contributed by atoms with van der Waals surface area (Å²) in [5, 5.41) is 68.3. The van der Waals surface area contributed by atoms with E-state index in [0.717, 1.165) is 45.8 Å². The Labute approximate surface area is 418 Å². The highest BCUT2D eigenvalue weighted by molar-refractivity contribution is 8.13. The summed E-state index contributed by atoms with van der Waals surface area (Å²) in [6, 6.07) is 0.0542. The molecule has 1 aromatic carbocycles. The highest BCUT2D eigenvalue weighted by Gasteiger charge is 2.26. The molecule has 404 valence electrons. The fourth-order valence-corrected chi connectivity index (χ4v) is 6.92. The normalized spacial score (nSPS) is 13.5. The van der Waals surface area contributed by atoms with Gasteiger partial charge in [0.25, 0.3) is 0 Å². The third-order valence-corrected chi connectivity index (χ3v) is 13.3. The molecular weight excluding hydrogens is 937 g/mol. The van der Waals surface area contributed by atoms with Gasteiger partial charge in [0.05, 0.1) is 49.9 Å². The minimum Gasteiger partial charge on any atom is -0.411 e. The van der Waals surface area contributed by atoms with E-state index >= 15 is 0 Å². The van der Waals surface area contributed by atoms with Gasteiger partial charge in [-0.1, -0.05) is 40.4 Å². The third-order valence-electron chi connectivity index (χ3n) is 12.4. The Morgan fingerprint density at radius 1 is 0.543 bits per heavy atom. The van der Waals surface area contributed by atoms with E-state index in [1.165, 1.54) is 19.3 Å². The van der Waals surface area contributed by atoms with Gasteiger partial charge in [0.2, 0.25) is 5.91 Å². The van der Waals surface area contributed by atoms with Crippen LogP contribution in [-0.4, -0.2) is 172 Å². The molecule has 0 radical (unpaired) electrons. The molecule has 0 spiro atoms. The molecule has 0 aliphatic rings. The lowest BCUT2D eigenvalue weighted by atomic mass is 9.99. The van der Waals surface area contributed by atoms with E-state index in [0.29, 0.717) is 55.6 Å². The number of thioether (sulfide) groups is 1. The van der Waals surface area contributed by atoms with Crippen LogP contribution in [-0.2, 0) is 9.59 Å². The quantitative estimate of drug-likeness (QED) is 0.00725. The van der Waals surface area contributed by atoms with E-state index < -0.39 is 56.7 Å². The van der Waals surface area contributed by atoms with Gasteiger partial charge in [-0.25, -0.2) is 17.6 Å². The van der Waals surface area contributed by atoms with Crippen molar-refractivity contribution in [3.8, 4) is 0 Å². The van der Waals surface area contributed by atoms with Crippen LogP contribution < -0.4 is 31.9 Å². The van der Waals surface area contributed by atoms with Gasteiger partial charge in [-0.3, -0.25) is 19.4 Å². The molecule has 18 nitrogen and oxygen atoms in total. The second-order valence-corrected chi connectivity index (χ2v) is 20.3. The number of halogens is 4. The van der Waals surface area contributed by atoms with E-state index in [1.54, 1.807) is 13.8 Å². The molecule has 1 amide bonds. The largest absolute Gasteiger partial charge is 0.411 e. The molecule has 1 rings (SSSR count). The zero-order chi connectivity index (χ0) is 53.7. The molecule has 70 heavy (non-hydrogen) atoms. The number of nitrogens with zero attached hydrogens (tertiary/aromatic N) is 6. The maximum Gasteiger partial charge on any atom is 0.220 e. The van der Waals surface area contributed by atoms with Crippen LogP contribution in [0.25, 0.3) is 0 Å². The molecule has 10 N–H and O–H groups in total. The average Bonchev–Trinajstić information content (AvgIpc) is 3.30. The molecule has 23 heteroatoms. The molecule has 0 saturated heterocycles. The van der Waals surface area contributed by atoms with Crippen LogP contribution in [0.3, 0.4) is 0 Å². The molecule has 0 unspecified atom stereocenters. The predicted molar refractivity (Wildman–Crippen MR) is 273 cm³/mol. The summed E-state index contributed by atoms with van der Waals surface area (Å²) >= 11 is 0.00580. The summed E-state index contributed by atoms with van der Waals surface area (Å²) in [5.41, 5.74) is 0.599. The van der Waals surface area contributed by atoms with Crippen LogP contribution in [0.4, 0.5) is 17.6 Å². The van der Waals surface area contributed by atoms with E-state index in [1.807, 2.05) is 69.2 Å². The van der Waals surface area contributed by atoms with Gasteiger partial charge in [-0.15, -0.1) is 0 Å². The molecule has 1 aromatic rings. The lowest BCUT2D eigenvalue weighted by molar-refractivity contribution is -0.123. The van der Waals surface area contributed by atoms with Gasteiger partial charge in [-0.2, -0.15) is 0 Å². The zero-order valence-corrected chi connectivity index (χ0v) is 44.8. The third kappa shape index (κ3) is 25.9. The van der Waals surface area contributed by atoms with E-state index in [9.17, 15) is 27.2 Å². The minimum atomic E-state index is -1.67. The summed E-state index contributed by atoms with van der Waals surface area (Å²) < 4.78 is 54.3. The van der Waals surface area contributed by atoms with Gasteiger partial charge in [0.15, 0.2) is 28.4 Å². The van der Waals surface area contributed by atoms with Crippen LogP contribution in [0.1, 0.15) is 122 Å². The maximum absolute atomic E-state index is 13.8. The van der Waals surface area contributed by atoms with Gasteiger partial charge in [0, 0.05) is 97.4 Å². The Morgan fingerprint density at radius 2 is 0.886 bits per heavy atom. The zero-order valence-electron chi connectivity index (χ0n) is 44.0. The van der Waals surface area contributed by atoms with Crippen molar-refractivity contribution in [3.05, 3.63) is 29.3 Å². The van der Waals surface area contributed by atoms with Crippen LogP contribution in [0.2, 0.25) is 0 Å². The molecule has 0 bridgehead atoms. The van der Waals surface area contributed by atoms with Gasteiger partial charge in [0.1, 0.15) is 0 Å². The Morgan fingerprint density at radius 3 is 1.23 bits per heavy atom. The van der Waals surface area contributed by atoms with Crippen molar-refractivity contribution >= 4 is 45.6 Å². The highest BCUT2D eigenvalue weighted by atomic mass is 32.2. The molecular formula is C47H86F4N12O6S. The Hall–Kier alpha value is -3.97. The van der Waals surface area contributed by atoms with Crippen molar-refractivity contribution in [2.24, 2.45) is 20.6 Å². The average molecular weight is 1020 g/mol. The lowest BCUT2D eigenvalue weighted by Gasteiger charge is -2.30. The molecule has 0 aliphatic heterocycles. The summed E-state index contributed by atoms with van der Waals surface area (Å²) in [7, 11) is 0. The number of carbonyl (C=O) groups excluding carboxylic acids is 2. The summed E-state index contributed by atoms with van der Waals surface area (Å²) in [6.07, 6.45) is 3.06. The molecule has 0 fully saturated rings. The first kappa shape index (κ1) is 66.0. The van der Waals surface area contributed by atoms with Crippen molar-refractivity contribution in [2.75, 3.05) is 85.1 Å². The predicted octanol–water partition coefficient (Wildman–Crippen LogP) is 6.00. The molecule has 0 aromatic heterocycles. The SMILES string of the molecule is C/C(=N/O)C(C)(C)NCCN(CCNC(=O)CCC(=O)Sc1c(F)c(F)cc(F)c1F)CCNC(C)(C)/C(C)=N\O.CCCCCNCCN(CCNC(C)(C)/C(C)=N\O)CCNC(C)(C)/C(C)=N\O. The smallest absolute Gasteiger partial charge is 0.220 e. The summed E-state index contributed by atoms with van der Waals surface area (Å²) in [4.78, 5) is 27.8. The van der Waals surface area contributed by atoms with E-state index in [-0.39, 0.29) is 41.9 Å². The molecule has 0 aliphatic carbocycles. The standard InChI is InChI=1S/C26H40F4N6O4S.C21H46N6O2/c1-16(34-39)25(3,4)32-10-13-36(14-11-33-26(5,6)17(2)35-40)12-9-31-20(37)7-8-21(38)41-24-22(29)18(27)15-19(28)23(24)30;1-8-9-10-11-22-12-15-27(16-13-23-20(4,5)18(2)25-28)17-14-24-21(6,7)19(3)26-29/h15,32-33,39-40H,7-14H2,1-6H3,(H,31,37);22-24,28-29H,8-17H2,1-7H3/b34-16-,35-17-;25-18-,26-19-. The van der Waals surface area contributed by atoms with E-state index in [4.69, 9.17) is 20.8 Å². The van der Waals surface area contributed by atoms with Crippen molar-refractivity contribution in [1.29, 1.82) is 0 Å². The van der Waals surface area contributed by atoms with Crippen LogP contribution >= 0.6 is 11.8 Å². The first-order valence-electron chi connectivity index (χ1n) is 23.9. The number of carbonyl (C=O) groups is 2. The van der Waals surface area contributed by atoms with Gasteiger partial charge >= 0.3 is 0 Å². The second kappa shape index (κ2) is 33.6. The first-order chi connectivity index (χ1) is 32.7. The number of hydrogen-bond acceptors (Lipinski definition) is 18. The monoisotopic (exact) mass is 1020 g/mol.